The molecule has 7 heteroatoms. The summed E-state index contributed by atoms with van der Waals surface area (Å²) in [5.41, 5.74) is 2.96. The molecule has 0 radical (unpaired) electrons. The van der Waals surface area contributed by atoms with E-state index in [4.69, 9.17) is 4.74 Å². The van der Waals surface area contributed by atoms with Gasteiger partial charge in [0.25, 0.3) is 11.7 Å². The van der Waals surface area contributed by atoms with Crippen LogP contribution in [0.4, 0.5) is 5.69 Å². The Hall–Kier alpha value is -4.13. The predicted octanol–water partition coefficient (Wildman–Crippen LogP) is 3.78. The molecule has 33 heavy (non-hydrogen) atoms. The number of hydrogen-bond donors (Lipinski definition) is 1. The quantitative estimate of drug-likeness (QED) is 0.355. The third-order valence-corrected chi connectivity index (χ3v) is 5.68. The van der Waals surface area contributed by atoms with E-state index in [1.165, 1.54) is 12.0 Å². The monoisotopic (exact) mass is 443 g/mol. The number of anilines is 1. The van der Waals surface area contributed by atoms with E-state index in [1.54, 1.807) is 42.7 Å². The summed E-state index contributed by atoms with van der Waals surface area (Å²) >= 11 is 0. The molecule has 0 saturated carbocycles. The van der Waals surface area contributed by atoms with E-state index in [2.05, 4.69) is 4.98 Å². The Morgan fingerprint density at radius 3 is 2.48 bits per heavy atom. The minimum absolute atomic E-state index is 0.0507. The first-order valence-corrected chi connectivity index (χ1v) is 10.5. The lowest BCUT2D eigenvalue weighted by Crippen LogP contribution is -2.29. The number of methoxy groups -OCH3 is 1. The van der Waals surface area contributed by atoms with Crippen molar-refractivity contribution in [3.63, 3.8) is 0 Å². The maximum Gasteiger partial charge on any atom is 0.295 e. The molecule has 2 aromatic carbocycles. The van der Waals surface area contributed by atoms with Crippen molar-refractivity contribution in [3.05, 3.63) is 95.3 Å². The Morgan fingerprint density at radius 1 is 1.09 bits per heavy atom. The van der Waals surface area contributed by atoms with Gasteiger partial charge in [0.1, 0.15) is 11.5 Å². The van der Waals surface area contributed by atoms with E-state index >= 15 is 0 Å². The average Bonchev–Trinajstić information content (AvgIpc) is 3.09. The van der Waals surface area contributed by atoms with Crippen LogP contribution in [0, 0.1) is 0 Å². The molecule has 1 amide bonds. The molecule has 1 aliphatic rings. The van der Waals surface area contributed by atoms with Gasteiger partial charge in [-0.1, -0.05) is 30.3 Å². The van der Waals surface area contributed by atoms with E-state index in [0.29, 0.717) is 11.3 Å². The largest absolute Gasteiger partial charge is 0.507 e. The fraction of sp³-hybridized carbons (Fsp3) is 0.192. The maximum absolute atomic E-state index is 13.2. The molecule has 7 nitrogen and oxygen atoms in total. The highest BCUT2D eigenvalue weighted by Gasteiger charge is 2.46. The van der Waals surface area contributed by atoms with Gasteiger partial charge >= 0.3 is 0 Å². The van der Waals surface area contributed by atoms with Crippen LogP contribution >= 0.6 is 0 Å². The molecular weight excluding hydrogens is 418 g/mol. The summed E-state index contributed by atoms with van der Waals surface area (Å²) < 4.78 is 5.26. The summed E-state index contributed by atoms with van der Waals surface area (Å²) in [4.78, 5) is 33.8. The molecule has 2 heterocycles. The van der Waals surface area contributed by atoms with Crippen LogP contribution in [0.15, 0.2) is 78.6 Å². The van der Waals surface area contributed by atoms with Gasteiger partial charge in [-0.2, -0.15) is 0 Å². The molecule has 0 bridgehead atoms. The van der Waals surface area contributed by atoms with E-state index in [0.717, 1.165) is 16.8 Å². The number of nitrogens with zero attached hydrogens (tertiary/aromatic N) is 3. The van der Waals surface area contributed by atoms with Crippen LogP contribution in [0.25, 0.3) is 5.76 Å². The number of amides is 1. The Balaban J connectivity index is 1.85. The minimum Gasteiger partial charge on any atom is -0.507 e. The Labute approximate surface area is 192 Å². The normalized spacial score (nSPS) is 17.3. The number of ether oxygens (including phenoxy) is 1. The van der Waals surface area contributed by atoms with E-state index < -0.39 is 17.7 Å². The Morgan fingerprint density at radius 2 is 1.85 bits per heavy atom. The molecule has 1 N–H and O–H groups in total. The first-order valence-electron chi connectivity index (χ1n) is 10.5. The van der Waals surface area contributed by atoms with Crippen molar-refractivity contribution in [1.82, 2.24) is 9.88 Å². The van der Waals surface area contributed by atoms with Crippen molar-refractivity contribution in [3.8, 4) is 5.75 Å². The second-order valence-corrected chi connectivity index (χ2v) is 8.01. The predicted molar refractivity (Wildman–Crippen MR) is 126 cm³/mol. The lowest BCUT2D eigenvalue weighted by atomic mass is 9.95. The standard InChI is InChI=1S/C26H25N3O4/c1-28(2)20-11-9-18(10-12-20)23-22(24(30)19-7-4-8-21(14-19)33-3)25(31)26(32)29(23)16-17-6-5-13-27-15-17/h4-15,23,30H,16H2,1-3H3. The maximum atomic E-state index is 13.2. The van der Waals surface area contributed by atoms with Gasteiger partial charge in [0.15, 0.2) is 0 Å². The molecule has 0 aliphatic carbocycles. The minimum atomic E-state index is -0.743. The average molecular weight is 444 g/mol. The smallest absolute Gasteiger partial charge is 0.295 e. The van der Waals surface area contributed by atoms with Crippen molar-refractivity contribution < 1.29 is 19.4 Å². The number of aromatic nitrogens is 1. The molecule has 1 aromatic heterocycles. The van der Waals surface area contributed by atoms with Crippen LogP contribution in [0.1, 0.15) is 22.7 Å². The molecule has 1 unspecified atom stereocenters. The van der Waals surface area contributed by atoms with Crippen molar-refractivity contribution in [2.75, 3.05) is 26.1 Å². The molecule has 1 atom stereocenters. The molecule has 0 spiro atoms. The number of pyridine rings is 1. The van der Waals surface area contributed by atoms with Gasteiger partial charge < -0.3 is 19.6 Å². The van der Waals surface area contributed by atoms with Gasteiger partial charge in [-0.3, -0.25) is 14.6 Å². The van der Waals surface area contributed by atoms with Crippen LogP contribution in [-0.4, -0.2) is 47.9 Å². The van der Waals surface area contributed by atoms with E-state index in [-0.39, 0.29) is 17.9 Å². The summed E-state index contributed by atoms with van der Waals surface area (Å²) in [7, 11) is 5.40. The van der Waals surface area contributed by atoms with Gasteiger partial charge in [0, 0.05) is 44.3 Å². The van der Waals surface area contributed by atoms with Gasteiger partial charge in [-0.15, -0.1) is 0 Å². The lowest BCUT2D eigenvalue weighted by molar-refractivity contribution is -0.140. The third kappa shape index (κ3) is 4.30. The lowest BCUT2D eigenvalue weighted by Gasteiger charge is -2.26. The molecular formula is C26H25N3O4. The zero-order valence-electron chi connectivity index (χ0n) is 18.7. The van der Waals surface area contributed by atoms with Crippen molar-refractivity contribution in [2.24, 2.45) is 0 Å². The van der Waals surface area contributed by atoms with E-state index in [1.807, 2.05) is 49.3 Å². The number of carbonyl (C=O) groups excluding carboxylic acids is 2. The Bertz CT molecular complexity index is 1200. The number of rotatable bonds is 6. The highest BCUT2D eigenvalue weighted by Crippen LogP contribution is 2.40. The number of likely N-dealkylation sites (tertiary alicyclic amines) is 1. The van der Waals surface area contributed by atoms with Crippen LogP contribution in [-0.2, 0) is 16.1 Å². The number of benzene rings is 2. The van der Waals surface area contributed by atoms with Gasteiger partial charge in [-0.05, 0) is 41.5 Å². The summed E-state index contributed by atoms with van der Waals surface area (Å²) in [5, 5.41) is 11.2. The zero-order valence-corrected chi connectivity index (χ0v) is 18.7. The summed E-state index contributed by atoms with van der Waals surface area (Å²) in [5.74, 6) is -1.08. The number of ketones is 1. The van der Waals surface area contributed by atoms with Crippen LogP contribution in [0.5, 0.6) is 5.75 Å². The number of aliphatic hydroxyl groups is 1. The van der Waals surface area contributed by atoms with E-state index in [9.17, 15) is 14.7 Å². The molecule has 4 rings (SSSR count). The zero-order chi connectivity index (χ0) is 23.5. The molecule has 168 valence electrons. The Kier molecular flexibility index (Phi) is 6.13. The molecule has 3 aromatic rings. The number of aliphatic hydroxyl groups excluding tert-OH is 1. The van der Waals surface area contributed by atoms with Crippen LogP contribution < -0.4 is 9.64 Å². The van der Waals surface area contributed by atoms with Crippen LogP contribution in [0.3, 0.4) is 0 Å². The summed E-state index contributed by atoms with van der Waals surface area (Å²) in [6.07, 6.45) is 3.31. The highest BCUT2D eigenvalue weighted by molar-refractivity contribution is 6.46. The fourth-order valence-electron chi connectivity index (χ4n) is 3.96. The number of carbonyl (C=O) groups is 2. The highest BCUT2D eigenvalue weighted by atomic mass is 16.5. The second kappa shape index (κ2) is 9.16. The molecule has 1 aliphatic heterocycles. The first-order chi connectivity index (χ1) is 15.9. The van der Waals surface area contributed by atoms with Gasteiger partial charge in [-0.25, -0.2) is 0 Å². The molecule has 1 fully saturated rings. The van der Waals surface area contributed by atoms with Crippen molar-refractivity contribution >= 4 is 23.1 Å². The first kappa shape index (κ1) is 22.1. The topological polar surface area (TPSA) is 83.0 Å². The SMILES string of the molecule is COc1cccc(C(O)=C2C(=O)C(=O)N(Cc3cccnc3)C2c2ccc(N(C)C)cc2)c1. The number of hydrogen-bond acceptors (Lipinski definition) is 6. The second-order valence-electron chi connectivity index (χ2n) is 8.01. The molecule has 1 saturated heterocycles. The van der Waals surface area contributed by atoms with Gasteiger partial charge in [0.2, 0.25) is 0 Å². The van der Waals surface area contributed by atoms with Gasteiger partial charge in [0.05, 0.1) is 18.7 Å². The summed E-state index contributed by atoms with van der Waals surface area (Å²) in [6, 6.07) is 17.3. The number of Topliss-reactive ketones (excluding diaryl/α,β-unsaturated/α-hetero) is 1. The summed E-state index contributed by atoms with van der Waals surface area (Å²) in [6.45, 7) is 0.188. The third-order valence-electron chi connectivity index (χ3n) is 5.68. The van der Waals surface area contributed by atoms with Crippen LogP contribution in [0.2, 0.25) is 0 Å². The van der Waals surface area contributed by atoms with Crippen molar-refractivity contribution in [2.45, 2.75) is 12.6 Å². The fourth-order valence-corrected chi connectivity index (χ4v) is 3.96. The van der Waals surface area contributed by atoms with Crippen molar-refractivity contribution in [1.29, 1.82) is 0 Å².